The lowest BCUT2D eigenvalue weighted by atomic mass is 10.2. The summed E-state index contributed by atoms with van der Waals surface area (Å²) in [7, 11) is 0. The molecule has 7 nitrogen and oxygen atoms in total. The van der Waals surface area contributed by atoms with Crippen LogP contribution >= 0.6 is 0 Å². The van der Waals surface area contributed by atoms with Crippen molar-refractivity contribution in [3.8, 4) is 0 Å². The van der Waals surface area contributed by atoms with Crippen molar-refractivity contribution in [2.45, 2.75) is 45.9 Å². The summed E-state index contributed by atoms with van der Waals surface area (Å²) in [6.07, 6.45) is -0.684. The van der Waals surface area contributed by atoms with Crippen LogP contribution in [0.2, 0.25) is 0 Å². The van der Waals surface area contributed by atoms with Crippen molar-refractivity contribution >= 4 is 12.2 Å². The highest BCUT2D eigenvalue weighted by atomic mass is 16.6. The first-order valence-electron chi connectivity index (χ1n) is 9.40. The van der Waals surface area contributed by atoms with E-state index < -0.39 is 11.7 Å². The molecule has 1 atom stereocenters. The van der Waals surface area contributed by atoms with E-state index in [1.807, 2.05) is 58.0 Å². The van der Waals surface area contributed by atoms with Gasteiger partial charge in [0, 0.05) is 38.8 Å². The van der Waals surface area contributed by atoms with E-state index in [0.29, 0.717) is 19.6 Å². The van der Waals surface area contributed by atoms with Crippen molar-refractivity contribution < 1.29 is 19.1 Å². The zero-order chi connectivity index (χ0) is 19.9. The predicted octanol–water partition coefficient (Wildman–Crippen LogP) is 2.85. The highest BCUT2D eigenvalue weighted by Gasteiger charge is 2.26. The number of alkyl carbamates (subject to hydrolysis) is 1. The average Bonchev–Trinajstić information content (AvgIpc) is 2.60. The number of hydrogen-bond donors (Lipinski definition) is 1. The highest BCUT2D eigenvalue weighted by Crippen LogP contribution is 2.12. The van der Waals surface area contributed by atoms with Crippen LogP contribution in [0.4, 0.5) is 9.59 Å². The summed E-state index contributed by atoms with van der Waals surface area (Å²) in [6.45, 7) is 11.3. The van der Waals surface area contributed by atoms with Gasteiger partial charge >= 0.3 is 12.2 Å². The molecule has 7 heteroatoms. The Bertz CT molecular complexity index is 607. The molecule has 0 bridgehead atoms. The normalized spacial score (nSPS) is 16.5. The zero-order valence-corrected chi connectivity index (χ0v) is 16.7. The molecule has 1 unspecified atom stereocenters. The summed E-state index contributed by atoms with van der Waals surface area (Å²) >= 11 is 0. The molecule has 1 fully saturated rings. The molecule has 0 spiro atoms. The Morgan fingerprint density at radius 1 is 1.11 bits per heavy atom. The molecule has 0 aliphatic carbocycles. The second kappa shape index (κ2) is 9.60. The molecule has 1 heterocycles. The fraction of sp³-hybridized carbons (Fsp3) is 0.600. The number of ether oxygens (including phenoxy) is 2. The van der Waals surface area contributed by atoms with Gasteiger partial charge in [0.15, 0.2) is 0 Å². The molecule has 0 radical (unpaired) electrons. The SMILES string of the molecule is CC(CN1CCN(C(=O)OC(C)(C)C)CC1)NC(=O)OCc1ccccc1. The first kappa shape index (κ1) is 21.0. The van der Waals surface area contributed by atoms with Crippen LogP contribution in [0.25, 0.3) is 0 Å². The molecule has 150 valence electrons. The van der Waals surface area contributed by atoms with Crippen LogP contribution in [0.15, 0.2) is 30.3 Å². The Morgan fingerprint density at radius 3 is 2.33 bits per heavy atom. The summed E-state index contributed by atoms with van der Waals surface area (Å²) in [5, 5.41) is 2.85. The molecule has 0 aromatic heterocycles. The number of nitrogens with zero attached hydrogens (tertiary/aromatic N) is 2. The van der Waals surface area contributed by atoms with Crippen LogP contribution in [0.1, 0.15) is 33.3 Å². The topological polar surface area (TPSA) is 71.1 Å². The lowest BCUT2D eigenvalue weighted by molar-refractivity contribution is 0.0140. The van der Waals surface area contributed by atoms with Crippen molar-refractivity contribution in [2.24, 2.45) is 0 Å². The van der Waals surface area contributed by atoms with E-state index in [9.17, 15) is 9.59 Å². The summed E-state index contributed by atoms with van der Waals surface area (Å²) in [6, 6.07) is 9.55. The third-order valence-electron chi connectivity index (χ3n) is 4.13. The minimum Gasteiger partial charge on any atom is -0.445 e. The van der Waals surface area contributed by atoms with Crippen LogP contribution in [-0.4, -0.2) is 66.4 Å². The average molecular weight is 377 g/mol. The van der Waals surface area contributed by atoms with Gasteiger partial charge in [0.25, 0.3) is 0 Å². The van der Waals surface area contributed by atoms with Crippen molar-refractivity contribution in [3.63, 3.8) is 0 Å². The van der Waals surface area contributed by atoms with Crippen LogP contribution in [0.3, 0.4) is 0 Å². The monoisotopic (exact) mass is 377 g/mol. The van der Waals surface area contributed by atoms with Crippen LogP contribution in [0, 0.1) is 0 Å². The van der Waals surface area contributed by atoms with Crippen LogP contribution in [-0.2, 0) is 16.1 Å². The van der Waals surface area contributed by atoms with Crippen molar-refractivity contribution in [2.75, 3.05) is 32.7 Å². The van der Waals surface area contributed by atoms with Gasteiger partial charge in [0.1, 0.15) is 12.2 Å². The maximum atomic E-state index is 12.1. The van der Waals surface area contributed by atoms with Crippen LogP contribution < -0.4 is 5.32 Å². The molecule has 1 aliphatic rings. The van der Waals surface area contributed by atoms with E-state index in [0.717, 1.165) is 18.7 Å². The molecule has 27 heavy (non-hydrogen) atoms. The number of nitrogens with one attached hydrogen (secondary N) is 1. The second-order valence-corrected chi connectivity index (χ2v) is 7.88. The number of benzene rings is 1. The van der Waals surface area contributed by atoms with E-state index >= 15 is 0 Å². The standard InChI is InChI=1S/C20H31N3O4/c1-16(21-18(24)26-15-17-8-6-5-7-9-17)14-22-10-12-23(13-11-22)19(25)27-20(2,3)4/h5-9,16H,10-15H2,1-4H3,(H,21,24). The Labute approximate surface area is 161 Å². The van der Waals surface area contributed by atoms with Gasteiger partial charge in [0.2, 0.25) is 0 Å². The van der Waals surface area contributed by atoms with Gasteiger partial charge in [-0.05, 0) is 33.3 Å². The Kier molecular flexibility index (Phi) is 7.47. The fourth-order valence-electron chi connectivity index (χ4n) is 2.84. The van der Waals surface area contributed by atoms with Gasteiger partial charge in [-0.25, -0.2) is 9.59 Å². The van der Waals surface area contributed by atoms with Gasteiger partial charge in [-0.15, -0.1) is 0 Å². The maximum Gasteiger partial charge on any atom is 0.410 e. The van der Waals surface area contributed by atoms with Gasteiger partial charge in [-0.3, -0.25) is 4.90 Å². The van der Waals surface area contributed by atoms with E-state index in [-0.39, 0.29) is 18.7 Å². The zero-order valence-electron chi connectivity index (χ0n) is 16.7. The number of carbonyl (C=O) groups excluding carboxylic acids is 2. The molecule has 1 aliphatic heterocycles. The summed E-state index contributed by atoms with van der Waals surface area (Å²) in [5.74, 6) is 0. The smallest absolute Gasteiger partial charge is 0.410 e. The van der Waals surface area contributed by atoms with E-state index in [1.165, 1.54) is 0 Å². The fourth-order valence-corrected chi connectivity index (χ4v) is 2.84. The molecule has 2 amide bonds. The highest BCUT2D eigenvalue weighted by molar-refractivity contribution is 5.68. The van der Waals surface area contributed by atoms with Gasteiger partial charge in [-0.1, -0.05) is 30.3 Å². The van der Waals surface area contributed by atoms with E-state index in [4.69, 9.17) is 9.47 Å². The van der Waals surface area contributed by atoms with Gasteiger partial charge < -0.3 is 19.7 Å². The molecule has 1 aromatic carbocycles. The van der Waals surface area contributed by atoms with Crippen molar-refractivity contribution in [1.29, 1.82) is 0 Å². The largest absolute Gasteiger partial charge is 0.445 e. The molecular formula is C20H31N3O4. The summed E-state index contributed by atoms with van der Waals surface area (Å²) in [5.41, 5.74) is 0.478. The molecule has 1 N–H and O–H groups in total. The lowest BCUT2D eigenvalue weighted by Crippen LogP contribution is -2.52. The molecular weight excluding hydrogens is 346 g/mol. The molecule has 1 aromatic rings. The first-order valence-corrected chi connectivity index (χ1v) is 9.40. The number of rotatable bonds is 5. The second-order valence-electron chi connectivity index (χ2n) is 7.88. The third kappa shape index (κ3) is 7.86. The Morgan fingerprint density at radius 2 is 1.74 bits per heavy atom. The van der Waals surface area contributed by atoms with Gasteiger partial charge in [-0.2, -0.15) is 0 Å². The first-order chi connectivity index (χ1) is 12.7. The number of hydrogen-bond acceptors (Lipinski definition) is 5. The Hall–Kier alpha value is -2.28. The van der Waals surface area contributed by atoms with E-state index in [1.54, 1.807) is 4.90 Å². The number of piperazine rings is 1. The van der Waals surface area contributed by atoms with Crippen molar-refractivity contribution in [3.05, 3.63) is 35.9 Å². The molecule has 2 rings (SSSR count). The quantitative estimate of drug-likeness (QED) is 0.854. The predicted molar refractivity (Wildman–Crippen MR) is 103 cm³/mol. The minimum atomic E-state index is -0.479. The number of carbonyl (C=O) groups is 2. The molecule has 0 saturated carbocycles. The number of amides is 2. The maximum absolute atomic E-state index is 12.1. The lowest BCUT2D eigenvalue weighted by Gasteiger charge is -2.36. The molecule has 1 saturated heterocycles. The summed E-state index contributed by atoms with van der Waals surface area (Å²) < 4.78 is 10.6. The van der Waals surface area contributed by atoms with Crippen LogP contribution in [0.5, 0.6) is 0 Å². The third-order valence-corrected chi connectivity index (χ3v) is 4.13. The van der Waals surface area contributed by atoms with Crippen molar-refractivity contribution in [1.82, 2.24) is 15.1 Å². The van der Waals surface area contributed by atoms with Gasteiger partial charge in [0.05, 0.1) is 0 Å². The minimum absolute atomic E-state index is 0.0404. The Balaban J connectivity index is 1.66. The summed E-state index contributed by atoms with van der Waals surface area (Å²) in [4.78, 5) is 28.0. The van der Waals surface area contributed by atoms with E-state index in [2.05, 4.69) is 10.2 Å².